The van der Waals surface area contributed by atoms with Crippen LogP contribution in [-0.2, 0) is 15.3 Å². The molecule has 7 heteroatoms. The number of carbonyl (C=O) groups is 2. The molecule has 1 saturated carbocycles. The van der Waals surface area contributed by atoms with Crippen molar-refractivity contribution in [3.05, 3.63) is 64.9 Å². The summed E-state index contributed by atoms with van der Waals surface area (Å²) >= 11 is 7.56. The number of carbonyl (C=O) groups excluding carboxylic acids is 2. The number of nitrogens with one attached hydrogen (secondary N) is 1. The van der Waals surface area contributed by atoms with Crippen LogP contribution in [0.5, 0.6) is 0 Å². The van der Waals surface area contributed by atoms with Crippen LogP contribution in [0.15, 0.2) is 57.8 Å². The molecule has 0 radical (unpaired) electrons. The summed E-state index contributed by atoms with van der Waals surface area (Å²) in [6.45, 7) is 2.23. The van der Waals surface area contributed by atoms with Crippen LogP contribution < -0.4 is 5.32 Å². The van der Waals surface area contributed by atoms with E-state index < -0.39 is 12.1 Å². The first-order valence-corrected chi connectivity index (χ1v) is 12.7. The number of hydrogen-bond donors (Lipinski definition) is 1. The van der Waals surface area contributed by atoms with E-state index >= 15 is 0 Å². The van der Waals surface area contributed by atoms with E-state index in [2.05, 4.69) is 5.32 Å². The van der Waals surface area contributed by atoms with Crippen LogP contribution in [0.4, 0.5) is 0 Å². The van der Waals surface area contributed by atoms with Crippen LogP contribution in [0.1, 0.15) is 55.1 Å². The van der Waals surface area contributed by atoms with Crippen LogP contribution in [0.3, 0.4) is 0 Å². The number of amides is 1. The largest absolute Gasteiger partial charge is 0.449 e. The Labute approximate surface area is 203 Å². The zero-order valence-corrected chi connectivity index (χ0v) is 20.2. The number of ether oxygens (including phenoxy) is 1. The first-order chi connectivity index (χ1) is 16.0. The average molecular weight is 486 g/mol. The van der Waals surface area contributed by atoms with Gasteiger partial charge in [0.05, 0.1) is 0 Å². The summed E-state index contributed by atoms with van der Waals surface area (Å²) in [5.74, 6) is 0.271. The Morgan fingerprint density at radius 2 is 1.85 bits per heavy atom. The van der Waals surface area contributed by atoms with Crippen molar-refractivity contribution in [2.45, 2.75) is 55.8 Å². The lowest BCUT2D eigenvalue weighted by atomic mass is 9.89. The van der Waals surface area contributed by atoms with Gasteiger partial charge in [-0.05, 0) is 56.0 Å². The summed E-state index contributed by atoms with van der Waals surface area (Å²) in [6, 6.07) is 15.1. The molecule has 0 spiro atoms. The van der Waals surface area contributed by atoms with E-state index in [0.717, 1.165) is 28.7 Å². The van der Waals surface area contributed by atoms with E-state index in [1.807, 2.05) is 48.5 Å². The van der Waals surface area contributed by atoms with Crippen molar-refractivity contribution < 1.29 is 18.7 Å². The Kier molecular flexibility index (Phi) is 7.99. The molecule has 0 saturated heterocycles. The minimum absolute atomic E-state index is 0.143. The molecule has 1 fully saturated rings. The maximum absolute atomic E-state index is 13.0. The standard InChI is InChI=1S/C26H28ClNO4S/c1-17(25(29)28-15-18-7-3-2-4-8-18)31-26(30)24-22(21-9-5-6-10-23(21)32-24)16-33-20-13-11-19(27)12-14-20/h5-6,9-14,17-18H,2-4,7-8,15-16H2,1H3,(H,28,29). The molecule has 33 heavy (non-hydrogen) atoms. The molecule has 1 N–H and O–H groups in total. The van der Waals surface area contributed by atoms with Gasteiger partial charge in [0.25, 0.3) is 5.91 Å². The van der Waals surface area contributed by atoms with Crippen LogP contribution in [0.2, 0.25) is 5.02 Å². The van der Waals surface area contributed by atoms with Crippen molar-refractivity contribution in [2.75, 3.05) is 6.54 Å². The number of benzene rings is 2. The van der Waals surface area contributed by atoms with Crippen molar-refractivity contribution >= 4 is 46.2 Å². The highest BCUT2D eigenvalue weighted by Gasteiger charge is 2.26. The maximum Gasteiger partial charge on any atom is 0.375 e. The average Bonchev–Trinajstić information content (AvgIpc) is 3.21. The van der Waals surface area contributed by atoms with Gasteiger partial charge < -0.3 is 14.5 Å². The van der Waals surface area contributed by atoms with E-state index in [-0.39, 0.29) is 11.7 Å². The van der Waals surface area contributed by atoms with Crippen LogP contribution in [0.25, 0.3) is 11.0 Å². The third kappa shape index (κ3) is 6.12. The first kappa shape index (κ1) is 23.7. The van der Waals surface area contributed by atoms with Gasteiger partial charge in [-0.1, -0.05) is 49.1 Å². The van der Waals surface area contributed by atoms with Gasteiger partial charge in [0, 0.05) is 33.2 Å². The van der Waals surface area contributed by atoms with Gasteiger partial charge in [0.1, 0.15) is 5.58 Å². The zero-order valence-electron chi connectivity index (χ0n) is 18.6. The van der Waals surface area contributed by atoms with E-state index in [1.54, 1.807) is 18.7 Å². The summed E-state index contributed by atoms with van der Waals surface area (Å²) in [5, 5.41) is 4.48. The second-order valence-corrected chi connectivity index (χ2v) is 9.93. The number of thioether (sulfide) groups is 1. The van der Waals surface area contributed by atoms with Crippen molar-refractivity contribution in [2.24, 2.45) is 5.92 Å². The van der Waals surface area contributed by atoms with Gasteiger partial charge in [-0.3, -0.25) is 4.79 Å². The predicted octanol–water partition coefficient (Wildman–Crippen LogP) is 6.62. The molecule has 1 amide bonds. The number of halogens is 1. The van der Waals surface area contributed by atoms with E-state index in [9.17, 15) is 9.59 Å². The van der Waals surface area contributed by atoms with Gasteiger partial charge in [0.15, 0.2) is 6.10 Å². The SMILES string of the molecule is CC(OC(=O)c1oc2ccccc2c1CSc1ccc(Cl)cc1)C(=O)NCC1CCCCC1. The Morgan fingerprint density at radius 3 is 2.61 bits per heavy atom. The molecule has 1 aliphatic carbocycles. The Hall–Kier alpha value is -2.44. The van der Waals surface area contributed by atoms with Crippen molar-refractivity contribution in [1.82, 2.24) is 5.32 Å². The maximum atomic E-state index is 13.0. The van der Waals surface area contributed by atoms with Gasteiger partial charge in [0.2, 0.25) is 5.76 Å². The predicted molar refractivity (Wildman–Crippen MR) is 132 cm³/mol. The van der Waals surface area contributed by atoms with Crippen LogP contribution in [0, 0.1) is 5.92 Å². The fourth-order valence-corrected chi connectivity index (χ4v) is 5.19. The molecule has 1 atom stereocenters. The molecule has 5 nitrogen and oxygen atoms in total. The minimum atomic E-state index is -0.897. The highest BCUT2D eigenvalue weighted by atomic mass is 35.5. The molecule has 2 aromatic carbocycles. The molecule has 0 bridgehead atoms. The molecule has 0 aliphatic heterocycles. The van der Waals surface area contributed by atoms with Gasteiger partial charge >= 0.3 is 5.97 Å². The van der Waals surface area contributed by atoms with Gasteiger partial charge in [-0.15, -0.1) is 11.8 Å². The summed E-state index contributed by atoms with van der Waals surface area (Å²) < 4.78 is 11.4. The van der Waals surface area contributed by atoms with Crippen LogP contribution >= 0.6 is 23.4 Å². The molecule has 3 aromatic rings. The molecule has 4 rings (SSSR count). The molecular formula is C26H28ClNO4S. The lowest BCUT2D eigenvalue weighted by Crippen LogP contribution is -2.38. The molecular weight excluding hydrogens is 458 g/mol. The third-order valence-corrected chi connectivity index (χ3v) is 7.31. The molecule has 1 aromatic heterocycles. The monoisotopic (exact) mass is 485 g/mol. The Bertz CT molecular complexity index is 1110. The summed E-state index contributed by atoms with van der Waals surface area (Å²) in [5.41, 5.74) is 1.37. The quantitative estimate of drug-likeness (QED) is 0.287. The van der Waals surface area contributed by atoms with Crippen molar-refractivity contribution in [3.8, 4) is 0 Å². The third-order valence-electron chi connectivity index (χ3n) is 6.02. The second kappa shape index (κ2) is 11.1. The molecule has 1 unspecified atom stereocenters. The number of hydrogen-bond acceptors (Lipinski definition) is 5. The number of para-hydroxylation sites is 1. The van der Waals surface area contributed by atoms with Gasteiger partial charge in [-0.25, -0.2) is 4.79 Å². The lowest BCUT2D eigenvalue weighted by Gasteiger charge is -2.22. The normalized spacial score (nSPS) is 15.3. The van der Waals surface area contributed by atoms with Crippen LogP contribution in [-0.4, -0.2) is 24.5 Å². The Morgan fingerprint density at radius 1 is 1.12 bits per heavy atom. The highest BCUT2D eigenvalue weighted by Crippen LogP contribution is 2.33. The molecule has 1 heterocycles. The zero-order chi connectivity index (χ0) is 23.2. The number of fused-ring (bicyclic) bond motifs is 1. The van der Waals surface area contributed by atoms with E-state index in [0.29, 0.717) is 28.8 Å². The van der Waals surface area contributed by atoms with Gasteiger partial charge in [-0.2, -0.15) is 0 Å². The molecule has 174 valence electrons. The summed E-state index contributed by atoms with van der Waals surface area (Å²) in [7, 11) is 0. The lowest BCUT2D eigenvalue weighted by molar-refractivity contribution is -0.129. The van der Waals surface area contributed by atoms with Crippen molar-refractivity contribution in [1.29, 1.82) is 0 Å². The fourth-order valence-electron chi connectivity index (χ4n) is 4.14. The van der Waals surface area contributed by atoms with E-state index in [1.165, 1.54) is 19.3 Å². The summed E-state index contributed by atoms with van der Waals surface area (Å²) in [4.78, 5) is 26.5. The smallest absolute Gasteiger partial charge is 0.375 e. The topological polar surface area (TPSA) is 68.5 Å². The van der Waals surface area contributed by atoms with Crippen molar-refractivity contribution in [3.63, 3.8) is 0 Å². The fraction of sp³-hybridized carbons (Fsp3) is 0.385. The number of esters is 1. The second-order valence-electron chi connectivity index (χ2n) is 8.45. The Balaban J connectivity index is 1.43. The van der Waals surface area contributed by atoms with E-state index in [4.69, 9.17) is 20.8 Å². The minimum Gasteiger partial charge on any atom is -0.449 e. The first-order valence-electron chi connectivity index (χ1n) is 11.4. The molecule has 1 aliphatic rings. The summed E-state index contributed by atoms with van der Waals surface area (Å²) in [6.07, 6.45) is 5.09. The number of rotatable bonds is 8. The number of furan rings is 1. The highest BCUT2D eigenvalue weighted by molar-refractivity contribution is 7.98.